The van der Waals surface area contributed by atoms with Gasteiger partial charge < -0.3 is 19.6 Å². The van der Waals surface area contributed by atoms with E-state index in [-0.39, 0.29) is 48.3 Å². The van der Waals surface area contributed by atoms with Crippen LogP contribution in [0.3, 0.4) is 0 Å². The standard InChI is InChI=1S/C25H32N4O4/c1-16-13-29(17(2)15-30)25(32)21-10-20(19-8-5-9-26-11-19)12-27-23(21)33-22(16)14-28(3)24(31)18-6-4-7-18/h5,8-12,16-18,22,30H,4,6-7,13-15H2,1-3H3/t16-,17-,22+/m1/s1. The molecule has 0 bridgehead atoms. The Morgan fingerprint density at radius 1 is 1.33 bits per heavy atom. The molecule has 176 valence electrons. The fourth-order valence-electron chi connectivity index (χ4n) is 4.34. The number of likely N-dealkylation sites (N-methyl/N-ethyl adjacent to an activating group) is 1. The van der Waals surface area contributed by atoms with E-state index in [1.807, 2.05) is 33.0 Å². The minimum absolute atomic E-state index is 0.0625. The van der Waals surface area contributed by atoms with Gasteiger partial charge in [-0.2, -0.15) is 0 Å². The molecule has 8 heteroatoms. The Labute approximate surface area is 194 Å². The normalized spacial score (nSPS) is 21.8. The minimum Gasteiger partial charge on any atom is -0.472 e. The lowest BCUT2D eigenvalue weighted by Gasteiger charge is -2.38. The number of hydrogen-bond acceptors (Lipinski definition) is 6. The van der Waals surface area contributed by atoms with E-state index in [9.17, 15) is 14.7 Å². The van der Waals surface area contributed by atoms with Crippen LogP contribution in [-0.4, -0.2) is 75.6 Å². The zero-order valence-corrected chi connectivity index (χ0v) is 19.5. The first-order chi connectivity index (χ1) is 15.9. The Bertz CT molecular complexity index is 995. The topological polar surface area (TPSA) is 95.9 Å². The summed E-state index contributed by atoms with van der Waals surface area (Å²) >= 11 is 0. The summed E-state index contributed by atoms with van der Waals surface area (Å²) in [4.78, 5) is 38.3. The summed E-state index contributed by atoms with van der Waals surface area (Å²) in [5.74, 6) is 0.222. The molecule has 1 saturated carbocycles. The Morgan fingerprint density at radius 2 is 2.12 bits per heavy atom. The van der Waals surface area contributed by atoms with Gasteiger partial charge in [-0.1, -0.05) is 19.4 Å². The third-order valence-electron chi connectivity index (χ3n) is 6.80. The highest BCUT2D eigenvalue weighted by Crippen LogP contribution is 2.31. The molecular weight excluding hydrogens is 420 g/mol. The Balaban J connectivity index is 1.67. The molecule has 2 aromatic heterocycles. The number of nitrogens with zero attached hydrogens (tertiary/aromatic N) is 4. The summed E-state index contributed by atoms with van der Waals surface area (Å²) in [6.07, 6.45) is 7.75. The molecular formula is C25H32N4O4. The summed E-state index contributed by atoms with van der Waals surface area (Å²) in [7, 11) is 1.81. The second kappa shape index (κ2) is 9.87. The van der Waals surface area contributed by atoms with Crippen LogP contribution >= 0.6 is 0 Å². The molecule has 2 aliphatic rings. The molecule has 0 saturated heterocycles. The van der Waals surface area contributed by atoms with E-state index in [0.717, 1.165) is 30.4 Å². The van der Waals surface area contributed by atoms with Crippen LogP contribution in [0.1, 0.15) is 43.5 Å². The molecule has 1 N–H and O–H groups in total. The van der Waals surface area contributed by atoms with Gasteiger partial charge in [0, 0.05) is 55.1 Å². The van der Waals surface area contributed by atoms with Gasteiger partial charge in [-0.15, -0.1) is 0 Å². The zero-order chi connectivity index (χ0) is 23.5. The first kappa shape index (κ1) is 23.2. The number of aliphatic hydroxyl groups excluding tert-OH is 1. The van der Waals surface area contributed by atoms with Gasteiger partial charge in [-0.3, -0.25) is 14.6 Å². The minimum atomic E-state index is -0.358. The Kier molecular flexibility index (Phi) is 6.93. The predicted octanol–water partition coefficient (Wildman–Crippen LogP) is 2.62. The molecule has 1 aliphatic heterocycles. The highest BCUT2D eigenvalue weighted by molar-refractivity contribution is 5.98. The van der Waals surface area contributed by atoms with Crippen molar-refractivity contribution in [1.82, 2.24) is 19.8 Å². The molecule has 0 spiro atoms. The van der Waals surface area contributed by atoms with E-state index < -0.39 is 0 Å². The fraction of sp³-hybridized carbons (Fsp3) is 0.520. The second-order valence-electron chi connectivity index (χ2n) is 9.29. The van der Waals surface area contributed by atoms with E-state index in [2.05, 4.69) is 9.97 Å². The lowest BCUT2D eigenvalue weighted by atomic mass is 9.84. The van der Waals surface area contributed by atoms with Crippen LogP contribution in [0, 0.1) is 11.8 Å². The number of carbonyl (C=O) groups is 2. The van der Waals surface area contributed by atoms with Crippen molar-refractivity contribution >= 4 is 11.8 Å². The largest absolute Gasteiger partial charge is 0.472 e. The molecule has 1 fully saturated rings. The Hall–Kier alpha value is -3.00. The van der Waals surface area contributed by atoms with Crippen LogP contribution in [0.5, 0.6) is 5.88 Å². The molecule has 33 heavy (non-hydrogen) atoms. The third-order valence-corrected chi connectivity index (χ3v) is 6.80. The number of rotatable bonds is 6. The third kappa shape index (κ3) is 4.85. The number of fused-ring (bicyclic) bond motifs is 1. The smallest absolute Gasteiger partial charge is 0.259 e. The van der Waals surface area contributed by atoms with E-state index in [0.29, 0.717) is 18.7 Å². The maximum absolute atomic E-state index is 13.5. The van der Waals surface area contributed by atoms with E-state index in [1.165, 1.54) is 0 Å². The SMILES string of the molecule is C[C@@H]1CN([C@H](C)CO)C(=O)c2cc(-c3cccnc3)cnc2O[C@H]1CN(C)C(=O)C1CCC1. The summed E-state index contributed by atoms with van der Waals surface area (Å²) in [5, 5.41) is 9.81. The molecule has 8 nitrogen and oxygen atoms in total. The van der Waals surface area contributed by atoms with Crippen LogP contribution in [0.25, 0.3) is 11.1 Å². The van der Waals surface area contributed by atoms with Gasteiger partial charge in [0.25, 0.3) is 5.91 Å². The van der Waals surface area contributed by atoms with Crippen molar-refractivity contribution in [3.8, 4) is 17.0 Å². The molecule has 2 aromatic rings. The molecule has 2 amide bonds. The first-order valence-corrected chi connectivity index (χ1v) is 11.6. The average molecular weight is 453 g/mol. The average Bonchev–Trinajstić information content (AvgIpc) is 2.79. The van der Waals surface area contributed by atoms with Crippen LogP contribution in [0.15, 0.2) is 36.8 Å². The highest BCUT2D eigenvalue weighted by Gasteiger charge is 2.36. The summed E-state index contributed by atoms with van der Waals surface area (Å²) in [6.45, 7) is 4.51. The lowest BCUT2D eigenvalue weighted by molar-refractivity contribution is -0.138. The molecule has 3 atom stereocenters. The van der Waals surface area contributed by atoms with Crippen molar-refractivity contribution in [3.05, 3.63) is 42.4 Å². The van der Waals surface area contributed by atoms with Crippen LogP contribution < -0.4 is 4.74 Å². The van der Waals surface area contributed by atoms with Crippen molar-refractivity contribution in [2.75, 3.05) is 26.7 Å². The van der Waals surface area contributed by atoms with Crippen LogP contribution in [0.4, 0.5) is 0 Å². The first-order valence-electron chi connectivity index (χ1n) is 11.6. The highest BCUT2D eigenvalue weighted by atomic mass is 16.5. The van der Waals surface area contributed by atoms with Crippen molar-refractivity contribution < 1.29 is 19.4 Å². The van der Waals surface area contributed by atoms with E-state index in [4.69, 9.17) is 4.74 Å². The van der Waals surface area contributed by atoms with E-state index >= 15 is 0 Å². The summed E-state index contributed by atoms with van der Waals surface area (Å²) in [5.41, 5.74) is 1.96. The fourth-order valence-corrected chi connectivity index (χ4v) is 4.34. The number of aliphatic hydroxyl groups is 1. The van der Waals surface area contributed by atoms with Crippen molar-refractivity contribution in [3.63, 3.8) is 0 Å². The van der Waals surface area contributed by atoms with Crippen molar-refractivity contribution in [2.24, 2.45) is 11.8 Å². The summed E-state index contributed by atoms with van der Waals surface area (Å²) < 4.78 is 6.29. The molecule has 1 aliphatic carbocycles. The van der Waals surface area contributed by atoms with Crippen molar-refractivity contribution in [2.45, 2.75) is 45.3 Å². The molecule has 0 unspecified atom stereocenters. The van der Waals surface area contributed by atoms with Gasteiger partial charge in [0.15, 0.2) is 0 Å². The Morgan fingerprint density at radius 3 is 2.76 bits per heavy atom. The molecule has 0 aromatic carbocycles. The zero-order valence-electron chi connectivity index (χ0n) is 19.5. The van der Waals surface area contributed by atoms with Gasteiger partial charge in [-0.25, -0.2) is 4.98 Å². The van der Waals surface area contributed by atoms with Crippen LogP contribution in [0.2, 0.25) is 0 Å². The van der Waals surface area contributed by atoms with Gasteiger partial charge in [0.05, 0.1) is 19.2 Å². The number of carbonyl (C=O) groups excluding carboxylic acids is 2. The van der Waals surface area contributed by atoms with Crippen LogP contribution in [-0.2, 0) is 4.79 Å². The number of pyridine rings is 2. The van der Waals surface area contributed by atoms with Crippen molar-refractivity contribution in [1.29, 1.82) is 0 Å². The monoisotopic (exact) mass is 452 g/mol. The predicted molar refractivity (Wildman–Crippen MR) is 124 cm³/mol. The van der Waals surface area contributed by atoms with Gasteiger partial charge >= 0.3 is 0 Å². The molecule has 4 rings (SSSR count). The lowest BCUT2D eigenvalue weighted by Crippen LogP contribution is -2.51. The molecule has 3 heterocycles. The maximum Gasteiger partial charge on any atom is 0.259 e. The van der Waals surface area contributed by atoms with Gasteiger partial charge in [0.2, 0.25) is 11.8 Å². The number of amides is 2. The molecule has 0 radical (unpaired) electrons. The maximum atomic E-state index is 13.5. The number of ether oxygens (including phenoxy) is 1. The number of hydrogen-bond donors (Lipinski definition) is 1. The second-order valence-corrected chi connectivity index (χ2v) is 9.29. The quantitative estimate of drug-likeness (QED) is 0.724. The van der Waals surface area contributed by atoms with Gasteiger partial charge in [-0.05, 0) is 31.9 Å². The van der Waals surface area contributed by atoms with E-state index in [1.54, 1.807) is 34.5 Å². The number of aromatic nitrogens is 2. The summed E-state index contributed by atoms with van der Waals surface area (Å²) in [6, 6.07) is 5.15. The van der Waals surface area contributed by atoms with Gasteiger partial charge in [0.1, 0.15) is 11.7 Å².